The van der Waals surface area contributed by atoms with Crippen LogP contribution in [0.3, 0.4) is 0 Å². The number of carbonyl (C=O) groups excluding carboxylic acids is 2. The zero-order chi connectivity index (χ0) is 9.56. The lowest BCUT2D eigenvalue weighted by atomic mass is 10.3. The molecule has 1 atom stereocenters. The number of ether oxygens (including phenoxy) is 1. The first kappa shape index (κ1) is 10.9. The number of amides is 1. The van der Waals surface area contributed by atoms with Crippen LogP contribution >= 0.6 is 0 Å². The van der Waals surface area contributed by atoms with Crippen LogP contribution in [0.15, 0.2) is 0 Å². The van der Waals surface area contributed by atoms with Gasteiger partial charge in [-0.25, -0.2) is 9.18 Å². The lowest BCUT2D eigenvalue weighted by molar-refractivity contribution is -0.147. The van der Waals surface area contributed by atoms with Gasteiger partial charge in [0.05, 0.1) is 0 Å². The lowest BCUT2D eigenvalue weighted by Crippen LogP contribution is -2.38. The van der Waals surface area contributed by atoms with Gasteiger partial charge in [-0.1, -0.05) is 0 Å². The molecule has 0 aromatic carbocycles. The van der Waals surface area contributed by atoms with Crippen molar-refractivity contribution < 1.29 is 18.7 Å². The summed E-state index contributed by atoms with van der Waals surface area (Å²) in [5.41, 5.74) is 0. The highest BCUT2D eigenvalue weighted by molar-refractivity contribution is 5.82. The van der Waals surface area contributed by atoms with E-state index in [4.69, 9.17) is 0 Å². The van der Waals surface area contributed by atoms with Crippen molar-refractivity contribution in [3.8, 4) is 0 Å². The van der Waals surface area contributed by atoms with Crippen LogP contribution in [0.2, 0.25) is 0 Å². The molecule has 0 heterocycles. The molecular weight excluding hydrogens is 165 g/mol. The molecule has 12 heavy (non-hydrogen) atoms. The van der Waals surface area contributed by atoms with Gasteiger partial charge in [-0.05, 0) is 6.92 Å². The van der Waals surface area contributed by atoms with Gasteiger partial charge in [-0.15, -0.1) is 0 Å². The Kier molecular flexibility index (Phi) is 4.99. The fourth-order valence-electron chi connectivity index (χ4n) is 0.628. The number of alkyl halides is 1. The van der Waals surface area contributed by atoms with Crippen molar-refractivity contribution >= 4 is 11.9 Å². The van der Waals surface area contributed by atoms with Crippen molar-refractivity contribution in [2.45, 2.75) is 19.9 Å². The second-order valence-electron chi connectivity index (χ2n) is 2.28. The first-order valence-electron chi connectivity index (χ1n) is 3.57. The summed E-state index contributed by atoms with van der Waals surface area (Å²) >= 11 is 0. The number of hydrogen-bond donors (Lipinski definition) is 1. The minimum atomic E-state index is -0.714. The van der Waals surface area contributed by atoms with E-state index >= 15 is 0 Å². The molecule has 0 aliphatic rings. The van der Waals surface area contributed by atoms with Gasteiger partial charge < -0.3 is 10.1 Å². The molecule has 0 radical (unpaired) electrons. The van der Waals surface area contributed by atoms with Gasteiger partial charge in [0.25, 0.3) is 0 Å². The van der Waals surface area contributed by atoms with E-state index in [-0.39, 0.29) is 12.5 Å². The average molecular weight is 177 g/mol. The van der Waals surface area contributed by atoms with Crippen LogP contribution in [0.5, 0.6) is 0 Å². The third-order valence-corrected chi connectivity index (χ3v) is 1.09. The van der Waals surface area contributed by atoms with E-state index in [1.807, 2.05) is 0 Å². The third-order valence-electron chi connectivity index (χ3n) is 1.09. The molecule has 0 saturated heterocycles. The Hall–Kier alpha value is -1.13. The van der Waals surface area contributed by atoms with Gasteiger partial charge in [0.15, 0.2) is 0 Å². The summed E-state index contributed by atoms with van der Waals surface area (Å²) in [5, 5.41) is 2.32. The average Bonchev–Trinajstić information content (AvgIpc) is 1.98. The summed E-state index contributed by atoms with van der Waals surface area (Å²) < 4.78 is 15.9. The van der Waals surface area contributed by atoms with Crippen LogP contribution in [0.25, 0.3) is 0 Å². The van der Waals surface area contributed by atoms with Gasteiger partial charge in [0.1, 0.15) is 19.3 Å². The highest BCUT2D eigenvalue weighted by Gasteiger charge is 2.14. The van der Waals surface area contributed by atoms with Crippen molar-refractivity contribution in [3.63, 3.8) is 0 Å². The van der Waals surface area contributed by atoms with E-state index in [9.17, 15) is 14.0 Å². The molecule has 0 aromatic heterocycles. The Morgan fingerprint density at radius 3 is 2.58 bits per heavy atom. The largest absolute Gasteiger partial charge is 0.461 e. The molecule has 0 aliphatic heterocycles. The smallest absolute Gasteiger partial charge is 0.328 e. The van der Waals surface area contributed by atoms with Gasteiger partial charge in [-0.2, -0.15) is 0 Å². The first-order chi connectivity index (χ1) is 5.57. The van der Waals surface area contributed by atoms with E-state index in [1.54, 1.807) is 0 Å². The highest BCUT2D eigenvalue weighted by atomic mass is 19.1. The van der Waals surface area contributed by atoms with E-state index in [2.05, 4.69) is 10.1 Å². The van der Waals surface area contributed by atoms with Crippen molar-refractivity contribution in [3.05, 3.63) is 0 Å². The fraction of sp³-hybridized carbons (Fsp3) is 0.714. The summed E-state index contributed by atoms with van der Waals surface area (Å²) in [7, 11) is 0. The molecule has 1 amide bonds. The Morgan fingerprint density at radius 2 is 2.17 bits per heavy atom. The monoisotopic (exact) mass is 177 g/mol. The highest BCUT2D eigenvalue weighted by Crippen LogP contribution is 1.87. The van der Waals surface area contributed by atoms with Crippen LogP contribution < -0.4 is 5.32 Å². The zero-order valence-electron chi connectivity index (χ0n) is 7.09. The quantitative estimate of drug-likeness (QED) is 0.616. The summed E-state index contributed by atoms with van der Waals surface area (Å²) in [4.78, 5) is 21.3. The van der Waals surface area contributed by atoms with Gasteiger partial charge in [-0.3, -0.25) is 4.79 Å². The SMILES string of the molecule is CC(=O)N[C@@H](C)C(=O)OCCF. The summed E-state index contributed by atoms with van der Waals surface area (Å²) in [6.45, 7) is 1.79. The molecule has 0 unspecified atom stereocenters. The number of carbonyl (C=O) groups is 2. The molecule has 0 aromatic rings. The number of halogens is 1. The third kappa shape index (κ3) is 4.65. The summed E-state index contributed by atoms with van der Waals surface area (Å²) in [6, 6.07) is -0.714. The van der Waals surface area contributed by atoms with Crippen molar-refractivity contribution in [2.75, 3.05) is 13.3 Å². The second-order valence-corrected chi connectivity index (χ2v) is 2.28. The Bertz CT molecular complexity index is 172. The molecule has 0 saturated carbocycles. The second kappa shape index (κ2) is 5.51. The van der Waals surface area contributed by atoms with E-state index in [1.165, 1.54) is 13.8 Å². The number of rotatable bonds is 4. The maximum absolute atomic E-state index is 11.5. The van der Waals surface area contributed by atoms with Crippen molar-refractivity contribution in [2.24, 2.45) is 0 Å². The first-order valence-corrected chi connectivity index (χ1v) is 3.57. The topological polar surface area (TPSA) is 55.4 Å². The lowest BCUT2D eigenvalue weighted by Gasteiger charge is -2.10. The Labute approximate surface area is 70.1 Å². The Morgan fingerprint density at radius 1 is 1.58 bits per heavy atom. The van der Waals surface area contributed by atoms with Crippen LogP contribution in [-0.4, -0.2) is 31.2 Å². The van der Waals surface area contributed by atoms with Gasteiger partial charge in [0, 0.05) is 6.92 Å². The van der Waals surface area contributed by atoms with Gasteiger partial charge >= 0.3 is 5.97 Å². The van der Waals surface area contributed by atoms with Gasteiger partial charge in [0.2, 0.25) is 5.91 Å². The molecular formula is C7H12FNO3. The summed E-state index contributed by atoms with van der Waals surface area (Å²) in [6.07, 6.45) is 0. The molecule has 0 spiro atoms. The predicted octanol–water partition coefficient (Wildman–Crippen LogP) is 0.0237. The number of hydrogen-bond acceptors (Lipinski definition) is 3. The van der Waals surface area contributed by atoms with Crippen LogP contribution in [0.4, 0.5) is 4.39 Å². The molecule has 5 heteroatoms. The summed E-state index contributed by atoms with van der Waals surface area (Å²) in [5.74, 6) is -0.942. The minimum absolute atomic E-state index is 0.261. The molecule has 4 nitrogen and oxygen atoms in total. The Balaban J connectivity index is 3.69. The normalized spacial score (nSPS) is 11.9. The van der Waals surface area contributed by atoms with Crippen LogP contribution in [0, 0.1) is 0 Å². The van der Waals surface area contributed by atoms with Crippen LogP contribution in [-0.2, 0) is 14.3 Å². The van der Waals surface area contributed by atoms with E-state index < -0.39 is 18.7 Å². The maximum Gasteiger partial charge on any atom is 0.328 e. The molecule has 70 valence electrons. The minimum Gasteiger partial charge on any atom is -0.461 e. The number of esters is 1. The fourth-order valence-corrected chi connectivity index (χ4v) is 0.628. The van der Waals surface area contributed by atoms with E-state index in [0.29, 0.717) is 0 Å². The van der Waals surface area contributed by atoms with Crippen LogP contribution in [0.1, 0.15) is 13.8 Å². The van der Waals surface area contributed by atoms with E-state index in [0.717, 1.165) is 0 Å². The molecule has 0 aliphatic carbocycles. The maximum atomic E-state index is 11.5. The molecule has 0 fully saturated rings. The van der Waals surface area contributed by atoms with Crippen molar-refractivity contribution in [1.82, 2.24) is 5.32 Å². The van der Waals surface area contributed by atoms with Crippen molar-refractivity contribution in [1.29, 1.82) is 0 Å². The molecule has 1 N–H and O–H groups in total. The standard InChI is InChI=1S/C7H12FNO3/c1-5(9-6(2)10)7(11)12-4-3-8/h5H,3-4H2,1-2H3,(H,9,10)/t5-/m0/s1. The number of nitrogens with one attached hydrogen (secondary N) is 1. The molecule has 0 bridgehead atoms. The molecule has 0 rings (SSSR count). The predicted molar refractivity (Wildman–Crippen MR) is 40.2 cm³/mol. The zero-order valence-corrected chi connectivity index (χ0v) is 7.09.